The second-order valence-corrected chi connectivity index (χ2v) is 9.30. The Kier molecular flexibility index (Phi) is 4.54. The summed E-state index contributed by atoms with van der Waals surface area (Å²) < 4.78 is 0. The van der Waals surface area contributed by atoms with Crippen LogP contribution in [-0.2, 0) is 22.0 Å². The first-order valence-electron chi connectivity index (χ1n) is 7.76. The smallest absolute Gasteiger partial charge is 0.230 e. The van der Waals surface area contributed by atoms with Gasteiger partial charge >= 0.3 is 0 Å². The maximum atomic E-state index is 11.4. The van der Waals surface area contributed by atoms with E-state index in [0.717, 1.165) is 17.5 Å². The minimum atomic E-state index is -0.119. The zero-order chi connectivity index (χ0) is 16.7. The number of phenols is 1. The van der Waals surface area contributed by atoms with Crippen molar-refractivity contribution in [2.24, 2.45) is 0 Å². The molecule has 0 bridgehead atoms. The number of carbonyl (C=O) groups excluding carboxylic acids is 1. The monoisotopic (exact) mass is 321 g/mol. The lowest BCUT2D eigenvalue weighted by atomic mass is 9.78. The minimum Gasteiger partial charge on any atom is -0.507 e. The molecule has 1 heterocycles. The van der Waals surface area contributed by atoms with E-state index in [1.54, 1.807) is 11.8 Å². The van der Waals surface area contributed by atoms with Gasteiger partial charge in [-0.1, -0.05) is 53.7 Å². The SMILES string of the molecule is CC(C)(C)c1cc(CC2NC(=O)CS2)cc(C(C)(C)C)c1O. The van der Waals surface area contributed by atoms with Crippen LogP contribution in [0.15, 0.2) is 12.1 Å². The Hall–Kier alpha value is -1.16. The Morgan fingerprint density at radius 3 is 2.00 bits per heavy atom. The van der Waals surface area contributed by atoms with Crippen LogP contribution < -0.4 is 5.32 Å². The van der Waals surface area contributed by atoms with E-state index in [-0.39, 0.29) is 22.1 Å². The van der Waals surface area contributed by atoms with Gasteiger partial charge in [-0.2, -0.15) is 0 Å². The lowest BCUT2D eigenvalue weighted by Crippen LogP contribution is -2.27. The summed E-state index contributed by atoms with van der Waals surface area (Å²) in [6, 6.07) is 4.19. The van der Waals surface area contributed by atoms with Gasteiger partial charge in [-0.3, -0.25) is 4.79 Å². The predicted molar refractivity (Wildman–Crippen MR) is 93.6 cm³/mol. The molecule has 0 radical (unpaired) electrons. The third kappa shape index (κ3) is 3.78. The van der Waals surface area contributed by atoms with Crippen LogP contribution in [0.5, 0.6) is 5.75 Å². The van der Waals surface area contributed by atoms with Crippen molar-refractivity contribution >= 4 is 17.7 Å². The maximum absolute atomic E-state index is 11.4. The number of amides is 1. The van der Waals surface area contributed by atoms with Crippen LogP contribution in [0.1, 0.15) is 58.2 Å². The second-order valence-electron chi connectivity index (χ2n) is 8.11. The highest BCUT2D eigenvalue weighted by Crippen LogP contribution is 2.40. The summed E-state index contributed by atoms with van der Waals surface area (Å²) in [5.74, 6) is 1.06. The van der Waals surface area contributed by atoms with Crippen LogP contribution in [0.25, 0.3) is 0 Å². The molecule has 1 saturated heterocycles. The quantitative estimate of drug-likeness (QED) is 0.873. The first-order chi connectivity index (χ1) is 9.98. The van der Waals surface area contributed by atoms with Crippen LogP contribution in [0.4, 0.5) is 0 Å². The van der Waals surface area contributed by atoms with Gasteiger partial charge in [0.15, 0.2) is 0 Å². The van der Waals surface area contributed by atoms with Crippen LogP contribution in [0.2, 0.25) is 0 Å². The fourth-order valence-electron chi connectivity index (χ4n) is 2.72. The fraction of sp³-hybridized carbons (Fsp3) is 0.611. The third-order valence-corrected chi connectivity index (χ3v) is 5.06. The summed E-state index contributed by atoms with van der Waals surface area (Å²) in [5, 5.41) is 13.8. The van der Waals surface area contributed by atoms with Crippen molar-refractivity contribution in [3.05, 3.63) is 28.8 Å². The van der Waals surface area contributed by atoms with Crippen molar-refractivity contribution < 1.29 is 9.90 Å². The minimum absolute atomic E-state index is 0.112. The van der Waals surface area contributed by atoms with E-state index < -0.39 is 0 Å². The number of rotatable bonds is 2. The fourth-order valence-corrected chi connectivity index (χ4v) is 3.68. The van der Waals surface area contributed by atoms with E-state index in [1.807, 2.05) is 0 Å². The Morgan fingerprint density at radius 2 is 1.64 bits per heavy atom. The highest BCUT2D eigenvalue weighted by Gasteiger charge is 2.28. The average Bonchev–Trinajstić information content (AvgIpc) is 2.74. The summed E-state index contributed by atoms with van der Waals surface area (Å²) in [5.41, 5.74) is 2.89. The van der Waals surface area contributed by atoms with Crippen molar-refractivity contribution in [3.63, 3.8) is 0 Å². The van der Waals surface area contributed by atoms with E-state index in [0.29, 0.717) is 11.5 Å². The van der Waals surface area contributed by atoms with Gasteiger partial charge in [0.1, 0.15) is 5.75 Å². The number of carbonyl (C=O) groups is 1. The molecular formula is C18H27NO2S. The first kappa shape index (κ1) is 17.2. The summed E-state index contributed by atoms with van der Waals surface area (Å²) in [7, 11) is 0. The number of hydrogen-bond acceptors (Lipinski definition) is 3. The molecule has 4 heteroatoms. The van der Waals surface area contributed by atoms with E-state index >= 15 is 0 Å². The second kappa shape index (κ2) is 5.80. The predicted octanol–water partition coefficient (Wildman–Crippen LogP) is 3.72. The summed E-state index contributed by atoms with van der Waals surface area (Å²) in [6.45, 7) is 12.7. The molecule has 1 aliphatic rings. The lowest BCUT2D eigenvalue weighted by molar-refractivity contribution is -0.118. The van der Waals surface area contributed by atoms with Gasteiger partial charge in [-0.05, 0) is 27.5 Å². The molecule has 1 aromatic carbocycles. The molecule has 1 aliphatic heterocycles. The summed E-state index contributed by atoms with van der Waals surface area (Å²) in [4.78, 5) is 11.4. The number of aromatic hydroxyl groups is 1. The molecule has 1 atom stereocenters. The van der Waals surface area contributed by atoms with Gasteiger partial charge in [0.05, 0.1) is 11.1 Å². The molecular weight excluding hydrogens is 294 g/mol. The highest BCUT2D eigenvalue weighted by atomic mass is 32.2. The number of hydrogen-bond donors (Lipinski definition) is 2. The Morgan fingerprint density at radius 1 is 1.14 bits per heavy atom. The van der Waals surface area contributed by atoms with Gasteiger partial charge < -0.3 is 10.4 Å². The van der Waals surface area contributed by atoms with Crippen molar-refractivity contribution in [2.45, 2.75) is 64.2 Å². The van der Waals surface area contributed by atoms with Crippen LogP contribution in [-0.4, -0.2) is 22.1 Å². The molecule has 1 amide bonds. The highest BCUT2D eigenvalue weighted by molar-refractivity contribution is 8.01. The zero-order valence-electron chi connectivity index (χ0n) is 14.4. The number of nitrogens with one attached hydrogen (secondary N) is 1. The molecule has 2 N–H and O–H groups in total. The van der Waals surface area contributed by atoms with Crippen molar-refractivity contribution in [2.75, 3.05) is 5.75 Å². The lowest BCUT2D eigenvalue weighted by Gasteiger charge is -2.28. The van der Waals surface area contributed by atoms with Crippen molar-refractivity contribution in [1.82, 2.24) is 5.32 Å². The topological polar surface area (TPSA) is 49.3 Å². The Labute approximate surface area is 137 Å². The van der Waals surface area contributed by atoms with E-state index in [4.69, 9.17) is 0 Å². The van der Waals surface area contributed by atoms with Gasteiger partial charge in [0.2, 0.25) is 5.91 Å². The normalized spacial score (nSPS) is 19.4. The molecule has 3 nitrogen and oxygen atoms in total. The van der Waals surface area contributed by atoms with Crippen LogP contribution >= 0.6 is 11.8 Å². The van der Waals surface area contributed by atoms with E-state index in [2.05, 4.69) is 59.0 Å². The maximum Gasteiger partial charge on any atom is 0.230 e. The number of benzene rings is 1. The van der Waals surface area contributed by atoms with Crippen molar-refractivity contribution in [3.8, 4) is 5.75 Å². The molecule has 122 valence electrons. The molecule has 22 heavy (non-hydrogen) atoms. The van der Waals surface area contributed by atoms with Gasteiger partial charge in [-0.15, -0.1) is 11.8 Å². The van der Waals surface area contributed by atoms with Gasteiger partial charge in [0, 0.05) is 6.42 Å². The van der Waals surface area contributed by atoms with E-state index in [9.17, 15) is 9.90 Å². The van der Waals surface area contributed by atoms with Gasteiger partial charge in [0.25, 0.3) is 0 Å². The molecule has 1 fully saturated rings. The number of phenolic OH excluding ortho intramolecular Hbond substituents is 1. The van der Waals surface area contributed by atoms with Crippen molar-refractivity contribution in [1.29, 1.82) is 0 Å². The van der Waals surface area contributed by atoms with E-state index in [1.165, 1.54) is 5.56 Å². The van der Waals surface area contributed by atoms with Crippen LogP contribution in [0.3, 0.4) is 0 Å². The zero-order valence-corrected chi connectivity index (χ0v) is 15.2. The molecule has 0 saturated carbocycles. The molecule has 2 rings (SSSR count). The summed E-state index contributed by atoms with van der Waals surface area (Å²) >= 11 is 1.65. The average molecular weight is 321 g/mol. The Balaban J connectivity index is 2.44. The molecule has 0 aliphatic carbocycles. The summed E-state index contributed by atoms with van der Waals surface area (Å²) in [6.07, 6.45) is 0.794. The molecule has 0 aromatic heterocycles. The molecule has 0 spiro atoms. The first-order valence-corrected chi connectivity index (χ1v) is 8.81. The van der Waals surface area contributed by atoms with Crippen LogP contribution in [0, 0.1) is 0 Å². The van der Waals surface area contributed by atoms with Gasteiger partial charge in [-0.25, -0.2) is 0 Å². The third-order valence-electron chi connectivity index (χ3n) is 3.94. The molecule has 1 aromatic rings. The largest absolute Gasteiger partial charge is 0.507 e. The standard InChI is InChI=1S/C18H27NO2S/c1-17(2,3)12-7-11(9-15-19-14(20)10-22-15)8-13(16(12)21)18(4,5)6/h7-8,15,21H,9-10H2,1-6H3,(H,19,20). The number of thioether (sulfide) groups is 1. The molecule has 1 unspecified atom stereocenters. The Bertz CT molecular complexity index is 547.